The Hall–Kier alpha value is -1.64. The molecule has 0 radical (unpaired) electrons. The fourth-order valence-electron chi connectivity index (χ4n) is 3.15. The van der Waals surface area contributed by atoms with Crippen molar-refractivity contribution in [1.29, 1.82) is 0 Å². The minimum Gasteiger partial charge on any atom is -0.494 e. The van der Waals surface area contributed by atoms with E-state index in [1.165, 1.54) is 13.2 Å². The van der Waals surface area contributed by atoms with Gasteiger partial charge in [0.25, 0.3) is 0 Å². The molecule has 0 saturated heterocycles. The molecule has 0 amide bonds. The van der Waals surface area contributed by atoms with Gasteiger partial charge in [0.1, 0.15) is 0 Å². The van der Waals surface area contributed by atoms with Crippen LogP contribution in [0.5, 0.6) is 5.75 Å². The van der Waals surface area contributed by atoms with Crippen LogP contribution in [-0.2, 0) is 0 Å². The Balaban J connectivity index is 1.96. The van der Waals surface area contributed by atoms with Gasteiger partial charge in [0.2, 0.25) is 5.82 Å². The van der Waals surface area contributed by atoms with Crippen LogP contribution in [0.1, 0.15) is 50.0 Å². The number of hydrogen-bond donors (Lipinski definition) is 0. The standard InChI is InChI=1S/C19H24F2O/c1-3-4-5-6-7-14-8-10-15(11-9-14)16-12-13-17(22-2)19(21)18(16)20/h3,6-7,12-15H,1,4-5,8-11H2,2H3. The van der Waals surface area contributed by atoms with E-state index in [-0.39, 0.29) is 11.7 Å². The van der Waals surface area contributed by atoms with Crippen LogP contribution in [0.15, 0.2) is 36.9 Å². The second-order valence-corrected chi connectivity index (χ2v) is 5.89. The molecular formula is C19H24F2O. The number of allylic oxidation sites excluding steroid dienone is 3. The Morgan fingerprint density at radius 1 is 1.14 bits per heavy atom. The van der Waals surface area contributed by atoms with Crippen molar-refractivity contribution in [2.24, 2.45) is 5.92 Å². The van der Waals surface area contributed by atoms with Gasteiger partial charge in [-0.1, -0.05) is 24.3 Å². The average Bonchev–Trinajstić information content (AvgIpc) is 2.55. The molecule has 1 nitrogen and oxygen atoms in total. The van der Waals surface area contributed by atoms with Gasteiger partial charge in [-0.3, -0.25) is 0 Å². The predicted molar refractivity (Wildman–Crippen MR) is 86.2 cm³/mol. The molecule has 0 atom stereocenters. The van der Waals surface area contributed by atoms with Gasteiger partial charge in [-0.25, -0.2) is 4.39 Å². The molecule has 0 N–H and O–H groups in total. The summed E-state index contributed by atoms with van der Waals surface area (Å²) in [5.41, 5.74) is 0.493. The predicted octanol–water partition coefficient (Wildman–Crippen LogP) is 5.77. The van der Waals surface area contributed by atoms with E-state index >= 15 is 0 Å². The van der Waals surface area contributed by atoms with Gasteiger partial charge in [0, 0.05) is 0 Å². The summed E-state index contributed by atoms with van der Waals surface area (Å²) >= 11 is 0. The number of ether oxygens (including phenoxy) is 1. The van der Waals surface area contributed by atoms with Gasteiger partial charge in [-0.2, -0.15) is 4.39 Å². The molecule has 1 aliphatic rings. The molecule has 2 rings (SSSR count). The first-order valence-electron chi connectivity index (χ1n) is 7.96. The third-order valence-electron chi connectivity index (χ3n) is 4.45. The summed E-state index contributed by atoms with van der Waals surface area (Å²) < 4.78 is 32.8. The Morgan fingerprint density at radius 3 is 2.50 bits per heavy atom. The molecule has 1 aliphatic carbocycles. The molecule has 0 spiro atoms. The molecule has 0 unspecified atom stereocenters. The van der Waals surface area contributed by atoms with Crippen molar-refractivity contribution in [1.82, 2.24) is 0 Å². The lowest BCUT2D eigenvalue weighted by atomic mass is 9.78. The Bertz CT molecular complexity index is 528. The highest BCUT2D eigenvalue weighted by Crippen LogP contribution is 2.39. The molecule has 0 aliphatic heterocycles. The molecule has 0 aromatic heterocycles. The largest absolute Gasteiger partial charge is 0.494 e. The van der Waals surface area contributed by atoms with E-state index in [4.69, 9.17) is 4.74 Å². The molecular weight excluding hydrogens is 282 g/mol. The topological polar surface area (TPSA) is 9.23 Å². The van der Waals surface area contributed by atoms with Crippen LogP contribution >= 0.6 is 0 Å². The van der Waals surface area contributed by atoms with Crippen molar-refractivity contribution in [2.75, 3.05) is 7.11 Å². The first-order valence-corrected chi connectivity index (χ1v) is 7.96. The van der Waals surface area contributed by atoms with Crippen LogP contribution in [-0.4, -0.2) is 7.11 Å². The zero-order valence-corrected chi connectivity index (χ0v) is 13.2. The molecule has 120 valence electrons. The van der Waals surface area contributed by atoms with Crippen LogP contribution in [0.4, 0.5) is 8.78 Å². The highest BCUT2D eigenvalue weighted by Gasteiger charge is 2.25. The highest BCUT2D eigenvalue weighted by molar-refractivity contribution is 5.33. The van der Waals surface area contributed by atoms with Crippen molar-refractivity contribution >= 4 is 0 Å². The summed E-state index contributed by atoms with van der Waals surface area (Å²) in [4.78, 5) is 0. The minimum atomic E-state index is -0.869. The molecule has 1 saturated carbocycles. The smallest absolute Gasteiger partial charge is 0.200 e. The second kappa shape index (κ2) is 8.11. The van der Waals surface area contributed by atoms with Crippen LogP contribution in [0.2, 0.25) is 0 Å². The minimum absolute atomic E-state index is 0.0277. The normalized spacial score (nSPS) is 22.0. The van der Waals surface area contributed by atoms with Gasteiger partial charge in [0.05, 0.1) is 7.11 Å². The lowest BCUT2D eigenvalue weighted by Crippen LogP contribution is -2.13. The zero-order valence-electron chi connectivity index (χ0n) is 13.2. The molecule has 22 heavy (non-hydrogen) atoms. The summed E-state index contributed by atoms with van der Waals surface area (Å²) in [6, 6.07) is 3.19. The van der Waals surface area contributed by atoms with Crippen LogP contribution in [0.3, 0.4) is 0 Å². The van der Waals surface area contributed by atoms with Crippen LogP contribution < -0.4 is 4.74 Å². The fraction of sp³-hybridized carbons (Fsp3) is 0.474. The Labute approximate surface area is 131 Å². The van der Waals surface area contributed by atoms with Gasteiger partial charge >= 0.3 is 0 Å². The van der Waals surface area contributed by atoms with Gasteiger partial charge in [-0.05, 0) is 62.0 Å². The third kappa shape index (κ3) is 3.96. The molecule has 0 heterocycles. The Kier molecular flexibility index (Phi) is 6.17. The maximum Gasteiger partial charge on any atom is 0.200 e. The van der Waals surface area contributed by atoms with E-state index in [2.05, 4.69) is 18.7 Å². The number of hydrogen-bond acceptors (Lipinski definition) is 1. The first kappa shape index (κ1) is 16.7. The maximum absolute atomic E-state index is 14.1. The molecule has 3 heteroatoms. The van der Waals surface area contributed by atoms with E-state index in [0.29, 0.717) is 11.5 Å². The molecule has 1 aromatic carbocycles. The van der Waals surface area contributed by atoms with E-state index in [0.717, 1.165) is 38.5 Å². The lowest BCUT2D eigenvalue weighted by Gasteiger charge is -2.27. The van der Waals surface area contributed by atoms with Crippen molar-refractivity contribution in [2.45, 2.75) is 44.4 Å². The summed E-state index contributed by atoms with van der Waals surface area (Å²) in [6.07, 6.45) is 12.3. The van der Waals surface area contributed by atoms with E-state index in [9.17, 15) is 8.78 Å². The average molecular weight is 306 g/mol. The van der Waals surface area contributed by atoms with Crippen LogP contribution in [0.25, 0.3) is 0 Å². The van der Waals surface area contributed by atoms with Crippen molar-refractivity contribution in [3.63, 3.8) is 0 Å². The zero-order chi connectivity index (χ0) is 15.9. The number of halogens is 2. The molecule has 0 bridgehead atoms. The van der Waals surface area contributed by atoms with Gasteiger partial charge < -0.3 is 4.74 Å². The van der Waals surface area contributed by atoms with E-state index in [1.54, 1.807) is 6.07 Å². The quantitative estimate of drug-likeness (QED) is 0.479. The summed E-state index contributed by atoms with van der Waals surface area (Å²) in [6.45, 7) is 3.71. The van der Waals surface area contributed by atoms with E-state index < -0.39 is 11.6 Å². The van der Waals surface area contributed by atoms with E-state index in [1.807, 2.05) is 6.08 Å². The van der Waals surface area contributed by atoms with Gasteiger partial charge in [0.15, 0.2) is 11.6 Å². The van der Waals surface area contributed by atoms with Gasteiger partial charge in [-0.15, -0.1) is 6.58 Å². The number of benzene rings is 1. The summed E-state index contributed by atoms with van der Waals surface area (Å²) in [5, 5.41) is 0. The van der Waals surface area contributed by atoms with Crippen LogP contribution in [0, 0.1) is 17.6 Å². The SMILES string of the molecule is C=CCCC=CC1CCC(c2ccc(OC)c(F)c2F)CC1. The first-order chi connectivity index (χ1) is 10.7. The third-order valence-corrected chi connectivity index (χ3v) is 4.45. The summed E-state index contributed by atoms with van der Waals surface area (Å²) in [7, 11) is 1.35. The van der Waals surface area contributed by atoms with Crippen molar-refractivity contribution in [3.05, 3.63) is 54.1 Å². The van der Waals surface area contributed by atoms with Crippen molar-refractivity contribution < 1.29 is 13.5 Å². The second-order valence-electron chi connectivity index (χ2n) is 5.89. The molecule has 1 fully saturated rings. The maximum atomic E-state index is 14.1. The number of unbranched alkanes of at least 4 members (excludes halogenated alkanes) is 1. The fourth-order valence-corrected chi connectivity index (χ4v) is 3.15. The monoisotopic (exact) mass is 306 g/mol. The van der Waals surface area contributed by atoms with Crippen molar-refractivity contribution in [3.8, 4) is 5.75 Å². The lowest BCUT2D eigenvalue weighted by molar-refractivity contribution is 0.349. The summed E-state index contributed by atoms with van der Waals surface area (Å²) in [5.74, 6) is -0.971. The Morgan fingerprint density at radius 2 is 1.86 bits per heavy atom. The highest BCUT2D eigenvalue weighted by atomic mass is 19.2. The number of rotatable bonds is 6. The number of methoxy groups -OCH3 is 1. The molecule has 1 aromatic rings.